The fourth-order valence-corrected chi connectivity index (χ4v) is 2.02. The monoisotopic (exact) mass is 272 g/mol. The molecule has 1 rings (SSSR count). The molecule has 19 heavy (non-hydrogen) atoms. The molecule has 0 unspecified atom stereocenters. The molecule has 1 atom stereocenters. The standard InChI is InChI=1S/C12H24N4O3/c1-2-3-10(11(17)18)15-12(19)14-6-9-16-7-4-13-5-8-16/h10,13H,2-9H2,1H3,(H,17,18)(H2,14,15,19)/t10-/m1/s1. The van der Waals surface area contributed by atoms with Gasteiger partial charge in [0.25, 0.3) is 0 Å². The minimum Gasteiger partial charge on any atom is -0.480 e. The zero-order valence-corrected chi connectivity index (χ0v) is 11.4. The first-order valence-electron chi connectivity index (χ1n) is 6.83. The summed E-state index contributed by atoms with van der Waals surface area (Å²) in [5, 5.41) is 17.4. The van der Waals surface area contributed by atoms with Crippen molar-refractivity contribution in [2.45, 2.75) is 25.8 Å². The van der Waals surface area contributed by atoms with Gasteiger partial charge in [-0.05, 0) is 6.42 Å². The van der Waals surface area contributed by atoms with Crippen molar-refractivity contribution in [1.82, 2.24) is 20.9 Å². The summed E-state index contributed by atoms with van der Waals surface area (Å²) in [7, 11) is 0. The van der Waals surface area contributed by atoms with Crippen LogP contribution in [0.4, 0.5) is 4.79 Å². The SMILES string of the molecule is CCC[C@@H](NC(=O)NCCN1CCNCC1)C(=O)O. The van der Waals surface area contributed by atoms with Gasteiger partial charge >= 0.3 is 12.0 Å². The number of nitrogens with zero attached hydrogens (tertiary/aromatic N) is 1. The van der Waals surface area contributed by atoms with E-state index in [4.69, 9.17) is 5.11 Å². The van der Waals surface area contributed by atoms with Crippen LogP contribution in [0.1, 0.15) is 19.8 Å². The summed E-state index contributed by atoms with van der Waals surface area (Å²) in [5.41, 5.74) is 0. The van der Waals surface area contributed by atoms with E-state index in [1.54, 1.807) is 0 Å². The molecule has 0 aromatic carbocycles. The topological polar surface area (TPSA) is 93.7 Å². The summed E-state index contributed by atoms with van der Waals surface area (Å²) in [6.07, 6.45) is 1.17. The highest BCUT2D eigenvalue weighted by Gasteiger charge is 2.18. The zero-order valence-electron chi connectivity index (χ0n) is 11.4. The van der Waals surface area contributed by atoms with Crippen molar-refractivity contribution in [2.75, 3.05) is 39.3 Å². The van der Waals surface area contributed by atoms with Crippen LogP contribution in [0.3, 0.4) is 0 Å². The minimum atomic E-state index is -0.987. The van der Waals surface area contributed by atoms with Gasteiger partial charge in [-0.25, -0.2) is 9.59 Å². The third-order valence-corrected chi connectivity index (χ3v) is 3.10. The van der Waals surface area contributed by atoms with Gasteiger partial charge in [-0.1, -0.05) is 13.3 Å². The maximum atomic E-state index is 11.6. The van der Waals surface area contributed by atoms with Gasteiger partial charge < -0.3 is 21.1 Å². The largest absolute Gasteiger partial charge is 0.480 e. The number of carboxylic acids is 1. The number of urea groups is 1. The van der Waals surface area contributed by atoms with E-state index in [-0.39, 0.29) is 0 Å². The molecule has 0 spiro atoms. The number of hydrogen-bond acceptors (Lipinski definition) is 4. The van der Waals surface area contributed by atoms with Crippen LogP contribution in [0.2, 0.25) is 0 Å². The fraction of sp³-hybridized carbons (Fsp3) is 0.833. The number of carbonyl (C=O) groups excluding carboxylic acids is 1. The van der Waals surface area contributed by atoms with Crippen LogP contribution in [0.25, 0.3) is 0 Å². The molecular formula is C12H24N4O3. The number of rotatable bonds is 7. The van der Waals surface area contributed by atoms with Gasteiger partial charge in [-0.2, -0.15) is 0 Å². The summed E-state index contributed by atoms with van der Waals surface area (Å²) < 4.78 is 0. The van der Waals surface area contributed by atoms with E-state index < -0.39 is 18.0 Å². The lowest BCUT2D eigenvalue weighted by atomic mass is 10.2. The van der Waals surface area contributed by atoms with Crippen LogP contribution >= 0.6 is 0 Å². The van der Waals surface area contributed by atoms with Crippen molar-refractivity contribution in [3.05, 3.63) is 0 Å². The second-order valence-electron chi connectivity index (χ2n) is 4.67. The lowest BCUT2D eigenvalue weighted by molar-refractivity contribution is -0.139. The van der Waals surface area contributed by atoms with Crippen LogP contribution in [-0.2, 0) is 4.79 Å². The van der Waals surface area contributed by atoms with E-state index >= 15 is 0 Å². The molecule has 1 aliphatic rings. The molecule has 1 fully saturated rings. The van der Waals surface area contributed by atoms with Crippen molar-refractivity contribution in [3.63, 3.8) is 0 Å². The molecule has 110 valence electrons. The molecule has 0 bridgehead atoms. The van der Waals surface area contributed by atoms with Crippen molar-refractivity contribution in [2.24, 2.45) is 0 Å². The van der Waals surface area contributed by atoms with Gasteiger partial charge in [-0.15, -0.1) is 0 Å². The maximum Gasteiger partial charge on any atom is 0.326 e. The van der Waals surface area contributed by atoms with E-state index in [0.29, 0.717) is 13.0 Å². The fourth-order valence-electron chi connectivity index (χ4n) is 2.02. The number of carbonyl (C=O) groups is 2. The Balaban J connectivity index is 2.17. The highest BCUT2D eigenvalue weighted by molar-refractivity contribution is 5.82. The lowest BCUT2D eigenvalue weighted by Crippen LogP contribution is -2.49. The molecule has 0 aromatic rings. The molecule has 4 N–H and O–H groups in total. The van der Waals surface area contributed by atoms with E-state index in [0.717, 1.165) is 39.1 Å². The highest BCUT2D eigenvalue weighted by Crippen LogP contribution is 1.96. The summed E-state index contributed by atoms with van der Waals surface area (Å²) in [4.78, 5) is 24.7. The second kappa shape index (κ2) is 8.71. The first-order valence-corrected chi connectivity index (χ1v) is 6.83. The third kappa shape index (κ3) is 6.40. The molecule has 0 radical (unpaired) electrons. The number of piperazine rings is 1. The van der Waals surface area contributed by atoms with Crippen LogP contribution < -0.4 is 16.0 Å². The number of hydrogen-bond donors (Lipinski definition) is 4. The molecule has 7 nitrogen and oxygen atoms in total. The summed E-state index contributed by atoms with van der Waals surface area (Å²) in [6, 6.07) is -1.21. The second-order valence-corrected chi connectivity index (χ2v) is 4.67. The summed E-state index contributed by atoms with van der Waals surface area (Å²) in [6.45, 7) is 7.13. The molecule has 2 amide bonds. The molecule has 0 aromatic heterocycles. The van der Waals surface area contributed by atoms with Crippen LogP contribution in [0.5, 0.6) is 0 Å². The Morgan fingerprint density at radius 1 is 1.37 bits per heavy atom. The van der Waals surface area contributed by atoms with Gasteiger partial charge in [0.2, 0.25) is 0 Å². The van der Waals surface area contributed by atoms with E-state index in [1.165, 1.54) is 0 Å². The number of nitrogens with one attached hydrogen (secondary N) is 3. The highest BCUT2D eigenvalue weighted by atomic mass is 16.4. The normalized spacial score (nSPS) is 17.7. The van der Waals surface area contributed by atoms with Crippen molar-refractivity contribution >= 4 is 12.0 Å². The summed E-state index contributed by atoms with van der Waals surface area (Å²) in [5.74, 6) is -0.987. The van der Waals surface area contributed by atoms with Crippen molar-refractivity contribution in [3.8, 4) is 0 Å². The smallest absolute Gasteiger partial charge is 0.326 e. The molecule has 0 aliphatic carbocycles. The average molecular weight is 272 g/mol. The van der Waals surface area contributed by atoms with Gasteiger partial charge in [0, 0.05) is 39.3 Å². The Labute approximate surface area is 113 Å². The molecule has 1 saturated heterocycles. The van der Waals surface area contributed by atoms with Crippen molar-refractivity contribution in [1.29, 1.82) is 0 Å². The Morgan fingerprint density at radius 3 is 2.63 bits per heavy atom. The van der Waals surface area contributed by atoms with Gasteiger partial charge in [0.1, 0.15) is 6.04 Å². The molecule has 1 aliphatic heterocycles. The van der Waals surface area contributed by atoms with Crippen LogP contribution in [0.15, 0.2) is 0 Å². The van der Waals surface area contributed by atoms with Crippen LogP contribution in [0, 0.1) is 0 Å². The minimum absolute atomic E-state index is 0.406. The average Bonchev–Trinajstić information content (AvgIpc) is 2.39. The number of carboxylic acid groups (broad SMARTS) is 1. The number of aliphatic carboxylic acids is 1. The molecule has 1 heterocycles. The van der Waals surface area contributed by atoms with Crippen LogP contribution in [-0.4, -0.2) is 67.3 Å². The molecule has 0 saturated carbocycles. The Hall–Kier alpha value is -1.34. The van der Waals surface area contributed by atoms with E-state index in [1.807, 2.05) is 6.92 Å². The Morgan fingerprint density at radius 2 is 2.05 bits per heavy atom. The maximum absolute atomic E-state index is 11.6. The van der Waals surface area contributed by atoms with Gasteiger partial charge in [0.15, 0.2) is 0 Å². The Bertz CT molecular complexity index is 293. The zero-order chi connectivity index (χ0) is 14.1. The third-order valence-electron chi connectivity index (χ3n) is 3.10. The first-order chi connectivity index (χ1) is 9.13. The van der Waals surface area contributed by atoms with E-state index in [2.05, 4.69) is 20.9 Å². The predicted molar refractivity (Wildman–Crippen MR) is 72.2 cm³/mol. The predicted octanol–water partition coefficient (Wildman–Crippen LogP) is -0.556. The lowest BCUT2D eigenvalue weighted by Gasteiger charge is -2.27. The molecule has 7 heteroatoms. The Kier molecular flexibility index (Phi) is 7.20. The van der Waals surface area contributed by atoms with Gasteiger partial charge in [0.05, 0.1) is 0 Å². The first kappa shape index (κ1) is 15.7. The van der Waals surface area contributed by atoms with Crippen molar-refractivity contribution < 1.29 is 14.7 Å². The van der Waals surface area contributed by atoms with E-state index in [9.17, 15) is 9.59 Å². The number of amides is 2. The van der Waals surface area contributed by atoms with Gasteiger partial charge in [-0.3, -0.25) is 4.90 Å². The summed E-state index contributed by atoms with van der Waals surface area (Å²) >= 11 is 0. The molecular weight excluding hydrogens is 248 g/mol. The quantitative estimate of drug-likeness (QED) is 0.499.